The van der Waals surface area contributed by atoms with Crippen molar-refractivity contribution in [3.8, 4) is 0 Å². The summed E-state index contributed by atoms with van der Waals surface area (Å²) in [5, 5.41) is 12.1. The molecule has 0 bridgehead atoms. The van der Waals surface area contributed by atoms with Gasteiger partial charge < -0.3 is 10.4 Å². The summed E-state index contributed by atoms with van der Waals surface area (Å²) in [4.78, 5) is 11.7. The summed E-state index contributed by atoms with van der Waals surface area (Å²) in [5.74, 6) is 0.909. The van der Waals surface area contributed by atoms with Crippen LogP contribution in [0.25, 0.3) is 0 Å². The van der Waals surface area contributed by atoms with Crippen LogP contribution in [0.2, 0.25) is 0 Å². The van der Waals surface area contributed by atoms with Gasteiger partial charge in [0.15, 0.2) is 0 Å². The first-order chi connectivity index (χ1) is 8.19. The number of thioether (sulfide) groups is 1. The fourth-order valence-corrected chi connectivity index (χ4v) is 2.22. The van der Waals surface area contributed by atoms with Gasteiger partial charge in [-0.3, -0.25) is 4.79 Å². The predicted octanol–water partition coefficient (Wildman–Crippen LogP) is 1.79. The lowest BCUT2D eigenvalue weighted by molar-refractivity contribution is -0.124. The van der Waals surface area contributed by atoms with Crippen LogP contribution in [0.4, 0.5) is 0 Å². The van der Waals surface area contributed by atoms with Gasteiger partial charge in [0.1, 0.15) is 0 Å². The van der Waals surface area contributed by atoms with Gasteiger partial charge in [-0.05, 0) is 17.4 Å². The number of benzene rings is 1. The van der Waals surface area contributed by atoms with Gasteiger partial charge in [0, 0.05) is 18.2 Å². The number of hydrogen-bond donors (Lipinski definition) is 2. The molecule has 17 heavy (non-hydrogen) atoms. The lowest BCUT2D eigenvalue weighted by Crippen LogP contribution is -2.30. The van der Waals surface area contributed by atoms with Crippen molar-refractivity contribution >= 4 is 17.7 Å². The normalized spacial score (nSPS) is 12.2. The summed E-state index contributed by atoms with van der Waals surface area (Å²) in [6.45, 7) is 2.41. The average molecular weight is 253 g/mol. The smallest absolute Gasteiger partial charge is 0.223 e. The summed E-state index contributed by atoms with van der Waals surface area (Å²) in [7, 11) is 0. The molecule has 0 aromatic heterocycles. The van der Waals surface area contributed by atoms with Gasteiger partial charge in [0.05, 0.1) is 6.61 Å². The highest BCUT2D eigenvalue weighted by Crippen LogP contribution is 2.09. The summed E-state index contributed by atoms with van der Waals surface area (Å²) < 4.78 is 0. The van der Waals surface area contributed by atoms with E-state index in [1.165, 1.54) is 0 Å². The molecule has 94 valence electrons. The Kier molecular flexibility index (Phi) is 6.08. The third-order valence-corrected chi connectivity index (χ3v) is 3.44. The molecule has 1 aromatic rings. The molecular formula is C13H19NO2S. The van der Waals surface area contributed by atoms with Gasteiger partial charge in [-0.1, -0.05) is 31.2 Å². The Hall–Kier alpha value is -1.00. The van der Waals surface area contributed by atoms with E-state index in [4.69, 9.17) is 5.11 Å². The van der Waals surface area contributed by atoms with Crippen LogP contribution in [0.1, 0.15) is 18.1 Å². The van der Waals surface area contributed by atoms with Crippen molar-refractivity contribution < 1.29 is 9.90 Å². The minimum Gasteiger partial charge on any atom is -0.392 e. The third-order valence-electron chi connectivity index (χ3n) is 2.61. The molecule has 1 aromatic carbocycles. The Morgan fingerprint density at radius 3 is 2.65 bits per heavy atom. The molecule has 1 amide bonds. The van der Waals surface area contributed by atoms with Gasteiger partial charge in [-0.25, -0.2) is 0 Å². The van der Waals surface area contributed by atoms with Gasteiger partial charge >= 0.3 is 0 Å². The zero-order valence-corrected chi connectivity index (χ0v) is 11.1. The van der Waals surface area contributed by atoms with Crippen molar-refractivity contribution in [3.63, 3.8) is 0 Å². The van der Waals surface area contributed by atoms with Gasteiger partial charge in [-0.2, -0.15) is 11.8 Å². The second kappa shape index (κ2) is 7.35. The number of carbonyl (C=O) groups excluding carboxylic acids is 1. The Morgan fingerprint density at radius 2 is 2.06 bits per heavy atom. The summed E-state index contributed by atoms with van der Waals surface area (Å²) >= 11 is 1.67. The second-order valence-corrected chi connectivity index (χ2v) is 4.91. The summed E-state index contributed by atoms with van der Waals surface area (Å²) in [6.07, 6.45) is 1.99. The van der Waals surface area contributed by atoms with Crippen LogP contribution in [0.3, 0.4) is 0 Å². The van der Waals surface area contributed by atoms with Crippen LogP contribution in [-0.2, 0) is 17.9 Å². The van der Waals surface area contributed by atoms with E-state index in [1.54, 1.807) is 11.8 Å². The van der Waals surface area contributed by atoms with E-state index in [2.05, 4.69) is 5.32 Å². The highest BCUT2D eigenvalue weighted by molar-refractivity contribution is 7.98. The van der Waals surface area contributed by atoms with Crippen molar-refractivity contribution in [1.82, 2.24) is 5.32 Å². The predicted molar refractivity (Wildman–Crippen MR) is 71.8 cm³/mol. The molecule has 0 saturated carbocycles. The van der Waals surface area contributed by atoms with E-state index in [9.17, 15) is 4.79 Å². The number of carbonyl (C=O) groups is 1. The molecule has 0 aliphatic carbocycles. The van der Waals surface area contributed by atoms with Crippen molar-refractivity contribution in [1.29, 1.82) is 0 Å². The standard InChI is InChI=1S/C13H19NO2S/c1-10(9-17-2)13(16)14-7-11-5-3-4-6-12(11)8-15/h3-6,10,15H,7-9H2,1-2H3,(H,14,16). The van der Waals surface area contributed by atoms with Crippen LogP contribution in [0, 0.1) is 5.92 Å². The molecule has 0 fully saturated rings. The number of rotatable bonds is 6. The lowest BCUT2D eigenvalue weighted by atomic mass is 10.1. The fourth-order valence-electron chi connectivity index (χ4n) is 1.57. The SMILES string of the molecule is CSCC(C)C(=O)NCc1ccccc1CO. The molecule has 1 atom stereocenters. The lowest BCUT2D eigenvalue weighted by Gasteiger charge is -2.12. The number of aliphatic hydroxyl groups excluding tert-OH is 1. The van der Waals surface area contributed by atoms with E-state index in [1.807, 2.05) is 37.4 Å². The monoisotopic (exact) mass is 253 g/mol. The molecule has 0 saturated heterocycles. The number of nitrogens with one attached hydrogen (secondary N) is 1. The third kappa shape index (κ3) is 4.40. The van der Waals surface area contributed by atoms with Crippen LogP contribution < -0.4 is 5.32 Å². The molecular weight excluding hydrogens is 234 g/mol. The van der Waals surface area contributed by atoms with Crippen LogP contribution >= 0.6 is 11.8 Å². The molecule has 2 N–H and O–H groups in total. The van der Waals surface area contributed by atoms with E-state index < -0.39 is 0 Å². The number of amides is 1. The molecule has 4 heteroatoms. The van der Waals surface area contributed by atoms with E-state index in [0.29, 0.717) is 6.54 Å². The summed E-state index contributed by atoms with van der Waals surface area (Å²) in [5.41, 5.74) is 1.84. The minimum atomic E-state index is 0.00636. The van der Waals surface area contributed by atoms with E-state index in [-0.39, 0.29) is 18.4 Å². The maximum absolute atomic E-state index is 11.7. The molecule has 0 radical (unpaired) electrons. The first-order valence-electron chi connectivity index (χ1n) is 5.63. The quantitative estimate of drug-likeness (QED) is 0.812. The first kappa shape index (κ1) is 14.1. The molecule has 0 aliphatic heterocycles. The molecule has 3 nitrogen and oxygen atoms in total. The number of hydrogen-bond acceptors (Lipinski definition) is 3. The van der Waals surface area contributed by atoms with Gasteiger partial charge in [0.2, 0.25) is 5.91 Å². The molecule has 0 spiro atoms. The average Bonchev–Trinajstić information content (AvgIpc) is 2.36. The highest BCUT2D eigenvalue weighted by atomic mass is 32.2. The van der Waals surface area contributed by atoms with Crippen molar-refractivity contribution in [3.05, 3.63) is 35.4 Å². The molecule has 1 unspecified atom stereocenters. The van der Waals surface area contributed by atoms with Crippen LogP contribution in [0.15, 0.2) is 24.3 Å². The zero-order chi connectivity index (χ0) is 12.7. The van der Waals surface area contributed by atoms with Gasteiger partial charge in [0.25, 0.3) is 0 Å². The topological polar surface area (TPSA) is 49.3 Å². The van der Waals surface area contributed by atoms with E-state index >= 15 is 0 Å². The van der Waals surface area contributed by atoms with Crippen LogP contribution in [0.5, 0.6) is 0 Å². The first-order valence-corrected chi connectivity index (χ1v) is 7.02. The largest absolute Gasteiger partial charge is 0.392 e. The van der Waals surface area contributed by atoms with Crippen molar-refractivity contribution in [2.75, 3.05) is 12.0 Å². The number of aliphatic hydroxyl groups is 1. The van der Waals surface area contributed by atoms with Gasteiger partial charge in [-0.15, -0.1) is 0 Å². The fraction of sp³-hybridized carbons (Fsp3) is 0.462. The highest BCUT2D eigenvalue weighted by Gasteiger charge is 2.11. The Balaban J connectivity index is 2.52. The molecule has 0 heterocycles. The Bertz CT molecular complexity index is 368. The Morgan fingerprint density at radius 1 is 1.41 bits per heavy atom. The zero-order valence-electron chi connectivity index (χ0n) is 10.3. The minimum absolute atomic E-state index is 0.00636. The molecule has 1 rings (SSSR count). The second-order valence-electron chi connectivity index (χ2n) is 4.00. The van der Waals surface area contributed by atoms with E-state index in [0.717, 1.165) is 16.9 Å². The maximum atomic E-state index is 11.7. The summed E-state index contributed by atoms with van der Waals surface area (Å²) in [6, 6.07) is 7.58. The molecule has 0 aliphatic rings. The van der Waals surface area contributed by atoms with Crippen LogP contribution in [-0.4, -0.2) is 23.0 Å². The maximum Gasteiger partial charge on any atom is 0.223 e. The van der Waals surface area contributed by atoms with Crippen molar-refractivity contribution in [2.24, 2.45) is 5.92 Å². The van der Waals surface area contributed by atoms with Crippen molar-refractivity contribution in [2.45, 2.75) is 20.1 Å². The Labute approximate surface area is 107 Å².